The molecule has 0 atom stereocenters. The maximum atomic E-state index is 10.0. The Labute approximate surface area is 83.9 Å². The Balaban J connectivity index is 0. The van der Waals surface area contributed by atoms with Gasteiger partial charge >= 0.3 is 5.97 Å². The first kappa shape index (κ1) is 13.8. The van der Waals surface area contributed by atoms with Crippen LogP contribution in [0.4, 0.5) is 0 Å². The minimum atomic E-state index is -0.670. The first-order valence-corrected chi connectivity index (χ1v) is 3.99. The predicted molar refractivity (Wildman–Crippen MR) is 41.0 cm³/mol. The summed E-state index contributed by atoms with van der Waals surface area (Å²) in [6.45, 7) is 2.15. The minimum absolute atomic E-state index is 0. The zero-order chi connectivity index (χ0) is 7.82. The van der Waals surface area contributed by atoms with Gasteiger partial charge in [-0.1, -0.05) is 32.6 Å². The molecule has 0 aromatic rings. The fraction of sp³-hybridized carbons (Fsp3) is 0.875. The second-order valence-electron chi connectivity index (χ2n) is 2.56. The zero-order valence-corrected chi connectivity index (χ0v) is 10.3. The third-order valence-electron chi connectivity index (χ3n) is 1.49. The Kier molecular flexibility index (Phi) is 12.8. The van der Waals surface area contributed by atoms with Gasteiger partial charge in [-0.2, -0.15) is 0 Å². The first-order valence-electron chi connectivity index (χ1n) is 3.99. The molecular formula is C8H16O2Ta. The van der Waals surface area contributed by atoms with Crippen molar-refractivity contribution < 1.29 is 32.3 Å². The molecule has 0 aromatic heterocycles. The molecular weight excluding hydrogens is 309 g/mol. The monoisotopic (exact) mass is 325 g/mol. The van der Waals surface area contributed by atoms with E-state index in [1.807, 2.05) is 0 Å². The largest absolute Gasteiger partial charge is 0.481 e. The molecule has 0 bridgehead atoms. The molecule has 0 rings (SSSR count). The average Bonchev–Trinajstić information content (AvgIpc) is 1.87. The normalized spacial score (nSPS) is 8.82. The SMILES string of the molecule is CCCCCCCC(=O)O.[Ta]. The fourth-order valence-corrected chi connectivity index (χ4v) is 0.880. The van der Waals surface area contributed by atoms with Crippen LogP contribution in [0, 0.1) is 0 Å². The van der Waals surface area contributed by atoms with Crippen LogP contribution in [-0.2, 0) is 27.2 Å². The molecule has 2 nitrogen and oxygen atoms in total. The van der Waals surface area contributed by atoms with Crippen molar-refractivity contribution in [3.63, 3.8) is 0 Å². The van der Waals surface area contributed by atoms with E-state index in [0.29, 0.717) is 6.42 Å². The minimum Gasteiger partial charge on any atom is -0.481 e. The van der Waals surface area contributed by atoms with E-state index in [0.717, 1.165) is 12.8 Å². The first-order chi connectivity index (χ1) is 4.77. The molecule has 0 aliphatic rings. The van der Waals surface area contributed by atoms with E-state index in [1.165, 1.54) is 19.3 Å². The summed E-state index contributed by atoms with van der Waals surface area (Å²) in [6.07, 6.45) is 5.88. The topological polar surface area (TPSA) is 37.3 Å². The van der Waals surface area contributed by atoms with Crippen molar-refractivity contribution in [1.29, 1.82) is 0 Å². The summed E-state index contributed by atoms with van der Waals surface area (Å²) in [4.78, 5) is 10.0. The van der Waals surface area contributed by atoms with Crippen LogP contribution in [0.3, 0.4) is 0 Å². The Morgan fingerprint density at radius 2 is 1.73 bits per heavy atom. The smallest absolute Gasteiger partial charge is 0.303 e. The van der Waals surface area contributed by atoms with Crippen LogP contribution in [-0.4, -0.2) is 11.1 Å². The van der Waals surface area contributed by atoms with Gasteiger partial charge in [-0.3, -0.25) is 4.79 Å². The molecule has 11 heavy (non-hydrogen) atoms. The summed E-state index contributed by atoms with van der Waals surface area (Å²) in [6, 6.07) is 0. The number of hydrogen-bond acceptors (Lipinski definition) is 1. The molecule has 0 amide bonds. The standard InChI is InChI=1S/C8H16O2.Ta/c1-2-3-4-5-6-7-8(9)10;/h2-7H2,1H3,(H,9,10);. The van der Waals surface area contributed by atoms with Gasteiger partial charge in [0, 0.05) is 28.8 Å². The Hall–Kier alpha value is 0.210. The summed E-state index contributed by atoms with van der Waals surface area (Å²) in [5.74, 6) is -0.670. The van der Waals surface area contributed by atoms with Gasteiger partial charge in [-0.25, -0.2) is 0 Å². The molecule has 1 N–H and O–H groups in total. The zero-order valence-electron chi connectivity index (χ0n) is 7.05. The predicted octanol–water partition coefficient (Wildman–Crippen LogP) is 2.43. The summed E-state index contributed by atoms with van der Waals surface area (Å²) < 4.78 is 0. The number of aliphatic carboxylic acids is 1. The fourth-order valence-electron chi connectivity index (χ4n) is 0.880. The van der Waals surface area contributed by atoms with Gasteiger partial charge in [0.05, 0.1) is 0 Å². The Morgan fingerprint density at radius 3 is 2.18 bits per heavy atom. The van der Waals surface area contributed by atoms with Crippen LogP contribution in [0.15, 0.2) is 0 Å². The van der Waals surface area contributed by atoms with E-state index >= 15 is 0 Å². The summed E-state index contributed by atoms with van der Waals surface area (Å²) >= 11 is 0. The third-order valence-corrected chi connectivity index (χ3v) is 1.49. The number of carbonyl (C=O) groups is 1. The van der Waals surface area contributed by atoms with Gasteiger partial charge in [-0.15, -0.1) is 0 Å². The van der Waals surface area contributed by atoms with Crippen molar-refractivity contribution in [1.82, 2.24) is 0 Å². The molecule has 0 unspecified atom stereocenters. The molecule has 1 radical (unpaired) electrons. The molecule has 0 saturated heterocycles. The average molecular weight is 325 g/mol. The van der Waals surface area contributed by atoms with E-state index in [9.17, 15) is 4.79 Å². The molecule has 0 aliphatic carbocycles. The van der Waals surface area contributed by atoms with Gasteiger partial charge in [0.1, 0.15) is 0 Å². The maximum Gasteiger partial charge on any atom is 0.303 e. The Bertz CT molecular complexity index is 94.1. The summed E-state index contributed by atoms with van der Waals surface area (Å²) in [5, 5.41) is 8.27. The van der Waals surface area contributed by atoms with Crippen LogP contribution in [0.5, 0.6) is 0 Å². The van der Waals surface area contributed by atoms with E-state index in [1.54, 1.807) is 0 Å². The van der Waals surface area contributed by atoms with Crippen LogP contribution in [0.25, 0.3) is 0 Å². The van der Waals surface area contributed by atoms with Crippen LogP contribution in [0.1, 0.15) is 45.4 Å². The number of carboxylic acid groups (broad SMARTS) is 1. The number of rotatable bonds is 6. The van der Waals surface area contributed by atoms with Crippen LogP contribution < -0.4 is 0 Å². The molecule has 3 heteroatoms. The van der Waals surface area contributed by atoms with E-state index < -0.39 is 5.97 Å². The Morgan fingerprint density at radius 1 is 1.18 bits per heavy atom. The van der Waals surface area contributed by atoms with Crippen LogP contribution >= 0.6 is 0 Å². The van der Waals surface area contributed by atoms with Gasteiger partial charge in [0.15, 0.2) is 0 Å². The van der Waals surface area contributed by atoms with Gasteiger partial charge in [-0.05, 0) is 6.42 Å². The van der Waals surface area contributed by atoms with Gasteiger partial charge < -0.3 is 5.11 Å². The molecule has 0 aromatic carbocycles. The molecule has 65 valence electrons. The molecule has 0 saturated carbocycles. The van der Waals surface area contributed by atoms with Crippen molar-refractivity contribution in [2.45, 2.75) is 45.4 Å². The third kappa shape index (κ3) is 13.2. The molecule has 0 spiro atoms. The maximum absolute atomic E-state index is 10.0. The van der Waals surface area contributed by atoms with Crippen molar-refractivity contribution in [2.24, 2.45) is 0 Å². The summed E-state index contributed by atoms with van der Waals surface area (Å²) in [7, 11) is 0. The van der Waals surface area contributed by atoms with Crippen molar-refractivity contribution in [3.8, 4) is 0 Å². The number of carboxylic acids is 1. The van der Waals surface area contributed by atoms with Gasteiger partial charge in [0.2, 0.25) is 0 Å². The second kappa shape index (κ2) is 10.2. The molecule has 0 fully saturated rings. The van der Waals surface area contributed by atoms with Crippen molar-refractivity contribution in [2.75, 3.05) is 0 Å². The van der Waals surface area contributed by atoms with E-state index in [2.05, 4.69) is 6.92 Å². The van der Waals surface area contributed by atoms with Crippen LogP contribution in [0.2, 0.25) is 0 Å². The van der Waals surface area contributed by atoms with E-state index in [-0.39, 0.29) is 22.4 Å². The second-order valence-corrected chi connectivity index (χ2v) is 2.56. The molecule has 0 heterocycles. The molecule has 0 aliphatic heterocycles. The van der Waals surface area contributed by atoms with Crippen molar-refractivity contribution >= 4 is 5.97 Å². The van der Waals surface area contributed by atoms with Crippen molar-refractivity contribution in [3.05, 3.63) is 0 Å². The summed E-state index contributed by atoms with van der Waals surface area (Å²) in [5.41, 5.74) is 0. The number of hydrogen-bond donors (Lipinski definition) is 1. The quantitative estimate of drug-likeness (QED) is 0.762. The van der Waals surface area contributed by atoms with Gasteiger partial charge in [0.25, 0.3) is 0 Å². The number of unbranched alkanes of at least 4 members (excludes halogenated alkanes) is 4. The van der Waals surface area contributed by atoms with E-state index in [4.69, 9.17) is 5.11 Å².